The van der Waals surface area contributed by atoms with Crippen molar-refractivity contribution in [2.45, 2.75) is 59.9 Å². The van der Waals surface area contributed by atoms with Crippen molar-refractivity contribution in [3.05, 3.63) is 23.5 Å². The van der Waals surface area contributed by atoms with Crippen molar-refractivity contribution in [2.75, 3.05) is 24.5 Å². The highest BCUT2D eigenvalue weighted by Gasteiger charge is 2.35. The Hall–Kier alpha value is -1.09. The maximum atomic E-state index is 4.50. The zero-order chi connectivity index (χ0) is 15.3. The Kier molecular flexibility index (Phi) is 5.63. The van der Waals surface area contributed by atoms with Gasteiger partial charge in [-0.15, -0.1) is 0 Å². The monoisotopic (exact) mass is 289 g/mol. The van der Waals surface area contributed by atoms with Crippen LogP contribution < -0.4 is 10.2 Å². The summed E-state index contributed by atoms with van der Waals surface area (Å²) in [6.45, 7) is 13.4. The number of hydrogen-bond acceptors (Lipinski definition) is 3. The topological polar surface area (TPSA) is 28.2 Å². The van der Waals surface area contributed by atoms with E-state index in [2.05, 4.69) is 55.2 Å². The van der Waals surface area contributed by atoms with Crippen LogP contribution in [0.4, 0.5) is 5.69 Å². The van der Waals surface area contributed by atoms with Crippen molar-refractivity contribution in [3.63, 3.8) is 0 Å². The number of rotatable bonds is 7. The van der Waals surface area contributed by atoms with Gasteiger partial charge in [0, 0.05) is 42.8 Å². The molecule has 0 saturated carbocycles. The lowest BCUT2D eigenvalue weighted by molar-refractivity contribution is 0.301. The summed E-state index contributed by atoms with van der Waals surface area (Å²) in [5.41, 5.74) is 4.38. The molecule has 1 aromatic rings. The number of nitrogens with one attached hydrogen (secondary N) is 1. The highest BCUT2D eigenvalue weighted by molar-refractivity contribution is 5.54. The lowest BCUT2D eigenvalue weighted by Crippen LogP contribution is -2.27. The standard InChI is InChI=1S/C18H31N3/c1-5-9-19-12-16-13-20-15(4)11-17(16)21-10-8-18(6-2,7-3)14-21/h11,13,19H,5-10,12,14H2,1-4H3. The Balaban J connectivity index is 2.16. The fourth-order valence-electron chi connectivity index (χ4n) is 3.37. The Labute approximate surface area is 130 Å². The maximum absolute atomic E-state index is 4.50. The summed E-state index contributed by atoms with van der Waals surface area (Å²) in [6.07, 6.45) is 7.13. The van der Waals surface area contributed by atoms with Crippen molar-refractivity contribution in [2.24, 2.45) is 5.41 Å². The molecule has 1 N–H and O–H groups in total. The maximum Gasteiger partial charge on any atom is 0.0445 e. The van der Waals surface area contributed by atoms with Crippen molar-refractivity contribution in [1.29, 1.82) is 0 Å². The largest absolute Gasteiger partial charge is 0.371 e. The van der Waals surface area contributed by atoms with Crippen molar-refractivity contribution >= 4 is 5.69 Å². The molecule has 1 aliphatic rings. The molecule has 0 radical (unpaired) electrons. The average molecular weight is 289 g/mol. The second kappa shape index (κ2) is 7.26. The van der Waals surface area contributed by atoms with E-state index in [0.29, 0.717) is 5.41 Å². The number of aryl methyl sites for hydroxylation is 1. The van der Waals surface area contributed by atoms with Gasteiger partial charge in [-0.05, 0) is 50.6 Å². The van der Waals surface area contributed by atoms with Crippen molar-refractivity contribution in [1.82, 2.24) is 10.3 Å². The summed E-state index contributed by atoms with van der Waals surface area (Å²) in [4.78, 5) is 7.09. The predicted octanol–water partition coefficient (Wildman–Crippen LogP) is 3.91. The van der Waals surface area contributed by atoms with E-state index in [0.717, 1.165) is 18.8 Å². The van der Waals surface area contributed by atoms with Crippen LogP contribution in [0.2, 0.25) is 0 Å². The van der Waals surface area contributed by atoms with Gasteiger partial charge in [0.15, 0.2) is 0 Å². The van der Waals surface area contributed by atoms with E-state index < -0.39 is 0 Å². The Morgan fingerprint density at radius 1 is 1.29 bits per heavy atom. The van der Waals surface area contributed by atoms with Crippen LogP contribution in [0.25, 0.3) is 0 Å². The molecule has 3 nitrogen and oxygen atoms in total. The van der Waals surface area contributed by atoms with Gasteiger partial charge in [0.25, 0.3) is 0 Å². The predicted molar refractivity (Wildman–Crippen MR) is 90.8 cm³/mol. The Bertz CT molecular complexity index is 452. The summed E-state index contributed by atoms with van der Waals surface area (Å²) in [7, 11) is 0. The fourth-order valence-corrected chi connectivity index (χ4v) is 3.37. The van der Waals surface area contributed by atoms with Gasteiger partial charge < -0.3 is 10.2 Å². The number of nitrogens with zero attached hydrogens (tertiary/aromatic N) is 2. The molecule has 0 amide bonds. The van der Waals surface area contributed by atoms with Gasteiger partial charge in [0.05, 0.1) is 0 Å². The normalized spacial score (nSPS) is 17.4. The molecule has 21 heavy (non-hydrogen) atoms. The van der Waals surface area contributed by atoms with Crippen molar-refractivity contribution < 1.29 is 0 Å². The summed E-state index contributed by atoms with van der Waals surface area (Å²) in [5, 5.41) is 3.52. The van der Waals surface area contributed by atoms with Crippen LogP contribution in [-0.4, -0.2) is 24.6 Å². The molecule has 1 saturated heterocycles. The molecule has 0 bridgehead atoms. The third-order valence-corrected chi connectivity index (χ3v) is 5.12. The second-order valence-corrected chi connectivity index (χ2v) is 6.51. The third kappa shape index (κ3) is 3.76. The minimum Gasteiger partial charge on any atom is -0.371 e. The minimum absolute atomic E-state index is 0.519. The molecule has 0 spiro atoms. The van der Waals surface area contributed by atoms with Gasteiger partial charge >= 0.3 is 0 Å². The first-order valence-corrected chi connectivity index (χ1v) is 8.55. The quantitative estimate of drug-likeness (QED) is 0.771. The number of pyridine rings is 1. The number of aromatic nitrogens is 1. The Morgan fingerprint density at radius 3 is 2.67 bits per heavy atom. The van der Waals surface area contributed by atoms with Crippen LogP contribution in [0.3, 0.4) is 0 Å². The summed E-state index contributed by atoms with van der Waals surface area (Å²) in [6, 6.07) is 2.27. The van der Waals surface area contributed by atoms with Crippen LogP contribution in [0.1, 0.15) is 57.7 Å². The van der Waals surface area contributed by atoms with E-state index in [4.69, 9.17) is 0 Å². The fraction of sp³-hybridized carbons (Fsp3) is 0.722. The van der Waals surface area contributed by atoms with Crippen LogP contribution in [0, 0.1) is 12.3 Å². The molecule has 2 rings (SSSR count). The number of hydrogen-bond donors (Lipinski definition) is 1. The average Bonchev–Trinajstić information content (AvgIpc) is 2.94. The van der Waals surface area contributed by atoms with E-state index in [1.807, 2.05) is 0 Å². The highest BCUT2D eigenvalue weighted by Crippen LogP contribution is 2.39. The van der Waals surface area contributed by atoms with Gasteiger partial charge in [-0.2, -0.15) is 0 Å². The molecule has 0 unspecified atom stereocenters. The van der Waals surface area contributed by atoms with Crippen LogP contribution in [0.5, 0.6) is 0 Å². The molecule has 1 aliphatic heterocycles. The summed E-state index contributed by atoms with van der Waals surface area (Å²) < 4.78 is 0. The molecule has 0 atom stereocenters. The lowest BCUT2D eigenvalue weighted by Gasteiger charge is -2.28. The molecule has 1 fully saturated rings. The van der Waals surface area contributed by atoms with E-state index in [-0.39, 0.29) is 0 Å². The van der Waals surface area contributed by atoms with Crippen LogP contribution >= 0.6 is 0 Å². The first-order valence-electron chi connectivity index (χ1n) is 8.55. The van der Waals surface area contributed by atoms with Gasteiger partial charge in [-0.25, -0.2) is 0 Å². The van der Waals surface area contributed by atoms with Gasteiger partial charge in [0.2, 0.25) is 0 Å². The first kappa shape index (κ1) is 16.3. The molecule has 0 aliphatic carbocycles. The summed E-state index contributed by atoms with van der Waals surface area (Å²) in [5.74, 6) is 0. The molecule has 1 aromatic heterocycles. The molecule has 3 heteroatoms. The molecular weight excluding hydrogens is 258 g/mol. The molecule has 2 heterocycles. The zero-order valence-corrected chi connectivity index (χ0v) is 14.2. The van der Waals surface area contributed by atoms with Crippen molar-refractivity contribution in [3.8, 4) is 0 Å². The zero-order valence-electron chi connectivity index (χ0n) is 14.2. The highest BCUT2D eigenvalue weighted by atomic mass is 15.2. The third-order valence-electron chi connectivity index (χ3n) is 5.12. The molecular formula is C18H31N3. The van der Waals surface area contributed by atoms with Crippen LogP contribution in [0.15, 0.2) is 12.3 Å². The van der Waals surface area contributed by atoms with Gasteiger partial charge in [0.1, 0.15) is 0 Å². The van der Waals surface area contributed by atoms with E-state index in [1.165, 1.54) is 50.0 Å². The Morgan fingerprint density at radius 2 is 2.05 bits per heavy atom. The van der Waals surface area contributed by atoms with E-state index in [1.54, 1.807) is 0 Å². The van der Waals surface area contributed by atoms with Gasteiger partial charge in [-0.1, -0.05) is 20.8 Å². The van der Waals surface area contributed by atoms with Gasteiger partial charge in [-0.3, -0.25) is 4.98 Å². The molecule has 118 valence electrons. The minimum atomic E-state index is 0.519. The summed E-state index contributed by atoms with van der Waals surface area (Å²) >= 11 is 0. The number of anilines is 1. The smallest absolute Gasteiger partial charge is 0.0445 e. The first-order chi connectivity index (χ1) is 10.1. The van der Waals surface area contributed by atoms with E-state index in [9.17, 15) is 0 Å². The molecule has 0 aromatic carbocycles. The lowest BCUT2D eigenvalue weighted by atomic mass is 9.82. The second-order valence-electron chi connectivity index (χ2n) is 6.51. The SMILES string of the molecule is CCCNCc1cnc(C)cc1N1CCC(CC)(CC)C1. The van der Waals surface area contributed by atoms with Crippen LogP contribution in [-0.2, 0) is 6.54 Å². The van der Waals surface area contributed by atoms with E-state index >= 15 is 0 Å².